The van der Waals surface area contributed by atoms with Crippen LogP contribution in [-0.2, 0) is 9.22 Å². The van der Waals surface area contributed by atoms with Gasteiger partial charge in [-0.05, 0) is 28.3 Å². The van der Waals surface area contributed by atoms with E-state index in [0.717, 1.165) is 6.29 Å². The summed E-state index contributed by atoms with van der Waals surface area (Å²) >= 11 is 0. The highest BCUT2D eigenvalue weighted by Crippen LogP contribution is 2.37. The highest BCUT2D eigenvalue weighted by molar-refractivity contribution is 6.99. The summed E-state index contributed by atoms with van der Waals surface area (Å²) in [5.74, 6) is 0. The first kappa shape index (κ1) is 21.3. The van der Waals surface area contributed by atoms with Gasteiger partial charge in [0.15, 0.2) is 0 Å². The first-order valence-corrected chi connectivity index (χ1v) is 11.5. The number of hydrogen-bond donors (Lipinski definition) is 0. The zero-order chi connectivity index (χ0) is 20.0. The average molecular weight is 381 g/mol. The molecule has 3 heteroatoms. The van der Waals surface area contributed by atoms with Gasteiger partial charge in [-0.1, -0.05) is 94.4 Å². The summed E-state index contributed by atoms with van der Waals surface area (Å²) in [5, 5.41) is 2.48. The molecule has 2 rings (SSSR count). The van der Waals surface area contributed by atoms with Gasteiger partial charge in [-0.2, -0.15) is 0 Å². The molecular weight excluding hydrogens is 348 g/mol. The van der Waals surface area contributed by atoms with E-state index in [4.69, 9.17) is 4.43 Å². The second kappa shape index (κ2) is 8.81. The lowest BCUT2D eigenvalue weighted by Crippen LogP contribution is -2.66. The van der Waals surface area contributed by atoms with Crippen molar-refractivity contribution in [1.82, 2.24) is 0 Å². The van der Waals surface area contributed by atoms with Crippen LogP contribution in [0.15, 0.2) is 73.3 Å². The van der Waals surface area contributed by atoms with Crippen LogP contribution in [0.3, 0.4) is 0 Å². The van der Waals surface area contributed by atoms with Crippen LogP contribution in [0.1, 0.15) is 40.5 Å². The Balaban J connectivity index is 2.47. The molecule has 1 atom stereocenters. The molecule has 0 spiro atoms. The molecule has 1 unspecified atom stereocenters. The van der Waals surface area contributed by atoms with Crippen molar-refractivity contribution in [1.29, 1.82) is 0 Å². The maximum Gasteiger partial charge on any atom is 0.261 e. The number of benzene rings is 2. The molecule has 0 aliphatic heterocycles. The Bertz CT molecular complexity index is 694. The zero-order valence-corrected chi connectivity index (χ0v) is 18.1. The Kier molecular flexibility index (Phi) is 6.96. The number of allylic oxidation sites excluding steroid dienone is 1. The van der Waals surface area contributed by atoms with Crippen LogP contribution in [0.4, 0.5) is 0 Å². The molecule has 0 amide bonds. The molecule has 0 aromatic heterocycles. The number of carbonyl (C=O) groups excluding carboxylic acids is 1. The van der Waals surface area contributed by atoms with Crippen LogP contribution in [0.25, 0.3) is 0 Å². The normalized spacial score (nSPS) is 14.4. The van der Waals surface area contributed by atoms with Crippen LogP contribution in [-0.4, -0.2) is 21.2 Å². The lowest BCUT2D eigenvalue weighted by atomic mass is 9.85. The van der Waals surface area contributed by atoms with Crippen molar-refractivity contribution < 1.29 is 9.22 Å². The van der Waals surface area contributed by atoms with Gasteiger partial charge in [0.2, 0.25) is 0 Å². The van der Waals surface area contributed by atoms with Crippen molar-refractivity contribution in [2.75, 3.05) is 6.61 Å². The van der Waals surface area contributed by atoms with Crippen molar-refractivity contribution in [3.05, 3.63) is 73.3 Å². The maximum atomic E-state index is 11.6. The van der Waals surface area contributed by atoms with Crippen LogP contribution >= 0.6 is 0 Å². The third kappa shape index (κ3) is 4.66. The molecule has 0 aliphatic carbocycles. The minimum Gasteiger partial charge on any atom is -0.407 e. The van der Waals surface area contributed by atoms with Gasteiger partial charge in [0.1, 0.15) is 6.29 Å². The largest absolute Gasteiger partial charge is 0.407 e. The molecule has 0 heterocycles. The summed E-state index contributed by atoms with van der Waals surface area (Å²) in [6, 6.07) is 21.2. The van der Waals surface area contributed by atoms with Gasteiger partial charge < -0.3 is 9.22 Å². The molecule has 0 saturated carbocycles. The molecule has 0 N–H and O–H groups in total. The van der Waals surface area contributed by atoms with E-state index in [1.807, 2.05) is 25.1 Å². The van der Waals surface area contributed by atoms with Crippen LogP contribution in [0.5, 0.6) is 0 Å². The number of rotatable bonds is 9. The topological polar surface area (TPSA) is 26.3 Å². The van der Waals surface area contributed by atoms with E-state index in [1.165, 1.54) is 10.4 Å². The van der Waals surface area contributed by atoms with Gasteiger partial charge in [0.05, 0.1) is 0 Å². The second-order valence-electron chi connectivity index (χ2n) is 8.53. The van der Waals surface area contributed by atoms with Crippen molar-refractivity contribution in [3.63, 3.8) is 0 Å². The van der Waals surface area contributed by atoms with E-state index < -0.39 is 13.7 Å². The maximum absolute atomic E-state index is 11.6. The zero-order valence-electron chi connectivity index (χ0n) is 17.1. The molecule has 27 heavy (non-hydrogen) atoms. The van der Waals surface area contributed by atoms with Gasteiger partial charge in [-0.15, -0.1) is 6.58 Å². The van der Waals surface area contributed by atoms with Gasteiger partial charge >= 0.3 is 0 Å². The standard InChI is InChI=1S/C24H32O2Si/c1-6-17-24(5,20-25)18-19-26-27(23(2,3)4,21-13-9-7-10-14-21)22-15-11-8-12-16-22/h6-16,20H,1,17-19H2,2-5H3. The van der Waals surface area contributed by atoms with E-state index >= 15 is 0 Å². The van der Waals surface area contributed by atoms with Crippen molar-refractivity contribution in [3.8, 4) is 0 Å². The molecule has 2 nitrogen and oxygen atoms in total. The van der Waals surface area contributed by atoms with Gasteiger partial charge in [-0.3, -0.25) is 0 Å². The summed E-state index contributed by atoms with van der Waals surface area (Å²) in [4.78, 5) is 11.6. The summed E-state index contributed by atoms with van der Waals surface area (Å²) in [7, 11) is -2.53. The minimum absolute atomic E-state index is 0.0499. The quantitative estimate of drug-likeness (QED) is 0.357. The van der Waals surface area contributed by atoms with Crippen LogP contribution in [0.2, 0.25) is 5.04 Å². The predicted octanol–water partition coefficient (Wildman–Crippen LogP) is 4.73. The van der Waals surface area contributed by atoms with Crippen LogP contribution < -0.4 is 10.4 Å². The van der Waals surface area contributed by atoms with E-state index in [0.29, 0.717) is 19.4 Å². The Morgan fingerprint density at radius 3 is 1.78 bits per heavy atom. The molecule has 2 aromatic carbocycles. The summed E-state index contributed by atoms with van der Waals surface area (Å²) in [6.07, 6.45) is 4.22. The number of aldehydes is 1. The summed E-state index contributed by atoms with van der Waals surface area (Å²) < 4.78 is 6.86. The molecule has 2 aromatic rings. The average Bonchev–Trinajstić information content (AvgIpc) is 2.66. The third-order valence-electron chi connectivity index (χ3n) is 5.30. The third-order valence-corrected chi connectivity index (χ3v) is 10.3. The lowest BCUT2D eigenvalue weighted by Gasteiger charge is -2.43. The lowest BCUT2D eigenvalue weighted by molar-refractivity contribution is -0.116. The van der Waals surface area contributed by atoms with Crippen molar-refractivity contribution in [2.24, 2.45) is 5.41 Å². The first-order chi connectivity index (χ1) is 12.8. The SMILES string of the molecule is C=CCC(C)(C=O)CCO[Si](c1ccccc1)(c1ccccc1)C(C)(C)C. The fourth-order valence-electron chi connectivity index (χ4n) is 3.74. The molecule has 0 radical (unpaired) electrons. The highest BCUT2D eigenvalue weighted by Gasteiger charge is 2.50. The van der Waals surface area contributed by atoms with Gasteiger partial charge in [0, 0.05) is 12.0 Å². The summed E-state index contributed by atoms with van der Waals surface area (Å²) in [5.41, 5.74) is -0.423. The molecule has 0 bridgehead atoms. The fourth-order valence-corrected chi connectivity index (χ4v) is 8.30. The highest BCUT2D eigenvalue weighted by atomic mass is 28.4. The predicted molar refractivity (Wildman–Crippen MR) is 117 cm³/mol. The molecular formula is C24H32O2Si. The smallest absolute Gasteiger partial charge is 0.261 e. The van der Waals surface area contributed by atoms with E-state index in [-0.39, 0.29) is 5.04 Å². The second-order valence-corrected chi connectivity index (χ2v) is 12.8. The van der Waals surface area contributed by atoms with Gasteiger partial charge in [-0.25, -0.2) is 0 Å². The minimum atomic E-state index is -2.53. The van der Waals surface area contributed by atoms with Crippen molar-refractivity contribution in [2.45, 2.75) is 45.6 Å². The first-order valence-electron chi connectivity index (χ1n) is 9.61. The molecule has 0 fully saturated rings. The number of carbonyl (C=O) groups is 1. The Hall–Kier alpha value is -1.97. The molecule has 0 aliphatic rings. The Labute approximate surface area is 165 Å². The van der Waals surface area contributed by atoms with E-state index in [1.54, 1.807) is 0 Å². The van der Waals surface area contributed by atoms with Gasteiger partial charge in [0.25, 0.3) is 8.32 Å². The monoisotopic (exact) mass is 380 g/mol. The van der Waals surface area contributed by atoms with E-state index in [2.05, 4.69) is 75.9 Å². The van der Waals surface area contributed by atoms with Crippen molar-refractivity contribution >= 4 is 25.0 Å². The molecule has 144 valence electrons. The van der Waals surface area contributed by atoms with E-state index in [9.17, 15) is 4.79 Å². The fraction of sp³-hybridized carbons (Fsp3) is 0.375. The molecule has 0 saturated heterocycles. The number of hydrogen-bond acceptors (Lipinski definition) is 2. The Morgan fingerprint density at radius 2 is 1.41 bits per heavy atom. The van der Waals surface area contributed by atoms with Crippen LogP contribution in [0, 0.1) is 5.41 Å². The summed E-state index contributed by atoms with van der Waals surface area (Å²) in [6.45, 7) is 13.1. The Morgan fingerprint density at radius 1 is 0.926 bits per heavy atom.